The monoisotopic (exact) mass is 515 g/mol. The van der Waals surface area contributed by atoms with Gasteiger partial charge in [-0.25, -0.2) is 0 Å². The van der Waals surface area contributed by atoms with Crippen LogP contribution in [-0.2, 0) is 18.9 Å². The normalized spacial score (nSPS) is 29.8. The lowest BCUT2D eigenvalue weighted by Gasteiger charge is -2.49. The molecule has 0 aromatic heterocycles. The molecular formula is C27H30ClNO7. The van der Waals surface area contributed by atoms with E-state index in [1.54, 1.807) is 24.3 Å². The van der Waals surface area contributed by atoms with Gasteiger partial charge >= 0.3 is 0 Å². The second-order valence-electron chi connectivity index (χ2n) is 9.20. The summed E-state index contributed by atoms with van der Waals surface area (Å²) in [5.41, 5.74) is 1.40. The number of unbranched alkanes of at least 4 members (excludes halogenated alkanes) is 3. The number of carbonyl (C=O) groups is 2. The summed E-state index contributed by atoms with van der Waals surface area (Å²) in [4.78, 5) is 27.7. The van der Waals surface area contributed by atoms with E-state index >= 15 is 0 Å². The van der Waals surface area contributed by atoms with Gasteiger partial charge in [-0.15, -0.1) is 11.6 Å². The van der Waals surface area contributed by atoms with Crippen LogP contribution in [0.4, 0.5) is 0 Å². The fourth-order valence-corrected chi connectivity index (χ4v) is 5.19. The highest BCUT2D eigenvalue weighted by Gasteiger charge is 2.55. The van der Waals surface area contributed by atoms with Crippen LogP contribution in [0.1, 0.15) is 58.3 Å². The molecule has 2 amide bonds. The SMILES string of the molecule is O=C1c2ccccc2C(=O)N1[C@H]1[C@H](OCCCCCCCl)O[C@@H]2CO[C@@H](c3ccccc3)O[C@H]2[C@@H]1O. The van der Waals surface area contributed by atoms with Crippen LogP contribution in [0.15, 0.2) is 54.6 Å². The smallest absolute Gasteiger partial charge is 0.262 e. The van der Waals surface area contributed by atoms with Crippen LogP contribution in [0.3, 0.4) is 0 Å². The molecule has 0 radical (unpaired) electrons. The molecule has 3 aliphatic heterocycles. The predicted octanol–water partition coefficient (Wildman–Crippen LogP) is 3.67. The number of nitrogens with zero attached hydrogens (tertiary/aromatic N) is 1. The number of benzene rings is 2. The Kier molecular flexibility index (Phi) is 8.00. The maximum absolute atomic E-state index is 13.3. The lowest BCUT2D eigenvalue weighted by Crippen LogP contribution is -2.67. The van der Waals surface area contributed by atoms with E-state index in [4.69, 9.17) is 30.5 Å². The number of imide groups is 1. The van der Waals surface area contributed by atoms with Crippen molar-refractivity contribution in [2.45, 2.75) is 62.6 Å². The topological polar surface area (TPSA) is 94.5 Å². The third-order valence-electron chi connectivity index (χ3n) is 6.84. The Morgan fingerprint density at radius 1 is 0.917 bits per heavy atom. The number of fused-ring (bicyclic) bond motifs is 2. The van der Waals surface area contributed by atoms with Crippen molar-refractivity contribution in [1.82, 2.24) is 4.90 Å². The minimum Gasteiger partial charge on any atom is -0.388 e. The maximum atomic E-state index is 13.3. The minimum absolute atomic E-state index is 0.172. The quantitative estimate of drug-likeness (QED) is 0.309. The fourth-order valence-electron chi connectivity index (χ4n) is 5.00. The minimum atomic E-state index is -1.23. The predicted molar refractivity (Wildman–Crippen MR) is 131 cm³/mol. The van der Waals surface area contributed by atoms with Crippen LogP contribution in [0.5, 0.6) is 0 Å². The van der Waals surface area contributed by atoms with Gasteiger partial charge in [0, 0.05) is 18.1 Å². The molecule has 6 atom stereocenters. The molecule has 9 heteroatoms. The summed E-state index contributed by atoms with van der Waals surface area (Å²) in [6.45, 7) is 0.525. The summed E-state index contributed by atoms with van der Waals surface area (Å²) >= 11 is 5.75. The number of rotatable bonds is 9. The van der Waals surface area contributed by atoms with E-state index in [1.165, 1.54) is 0 Å². The molecule has 3 aliphatic rings. The van der Waals surface area contributed by atoms with Gasteiger partial charge in [-0.2, -0.15) is 0 Å². The first-order chi connectivity index (χ1) is 17.6. The first-order valence-corrected chi connectivity index (χ1v) is 12.9. The summed E-state index contributed by atoms with van der Waals surface area (Å²) in [5.74, 6) is -0.346. The molecular weight excluding hydrogens is 486 g/mol. The Hall–Kier alpha value is -2.33. The Balaban J connectivity index is 1.37. The molecule has 2 fully saturated rings. The summed E-state index contributed by atoms with van der Waals surface area (Å²) in [6, 6.07) is 14.9. The zero-order valence-corrected chi connectivity index (χ0v) is 20.6. The fraction of sp³-hybridized carbons (Fsp3) is 0.481. The standard InChI is InChI=1S/C27H30ClNO7/c28-14-8-1-2-9-15-33-27-21(29-24(31)18-12-6-7-13-19(18)25(29)32)22(30)23-20(35-27)16-34-26(36-23)17-10-4-3-5-11-17/h3-7,10-13,20-23,26-27,30H,1-2,8-9,14-16H2/t20-,21-,22-,23-,26-,27-/m1/s1. The number of ether oxygens (including phenoxy) is 4. The Morgan fingerprint density at radius 2 is 1.58 bits per heavy atom. The maximum Gasteiger partial charge on any atom is 0.262 e. The number of amides is 2. The highest BCUT2D eigenvalue weighted by molar-refractivity contribution is 6.21. The molecule has 36 heavy (non-hydrogen) atoms. The largest absolute Gasteiger partial charge is 0.388 e. The lowest BCUT2D eigenvalue weighted by molar-refractivity contribution is -0.349. The summed E-state index contributed by atoms with van der Waals surface area (Å²) in [5, 5.41) is 11.5. The van der Waals surface area contributed by atoms with Crippen molar-refractivity contribution < 1.29 is 33.6 Å². The zero-order chi connectivity index (χ0) is 25.1. The van der Waals surface area contributed by atoms with E-state index in [9.17, 15) is 14.7 Å². The van der Waals surface area contributed by atoms with Crippen molar-refractivity contribution in [3.05, 3.63) is 71.3 Å². The highest BCUT2D eigenvalue weighted by Crippen LogP contribution is 2.38. The second kappa shape index (κ2) is 11.4. The molecule has 192 valence electrons. The van der Waals surface area contributed by atoms with Crippen molar-refractivity contribution >= 4 is 23.4 Å². The van der Waals surface area contributed by atoms with Gasteiger partial charge in [0.2, 0.25) is 0 Å². The van der Waals surface area contributed by atoms with E-state index in [0.29, 0.717) is 23.6 Å². The number of alkyl halides is 1. The molecule has 3 heterocycles. The molecule has 0 spiro atoms. The van der Waals surface area contributed by atoms with E-state index in [-0.39, 0.29) is 6.61 Å². The van der Waals surface area contributed by atoms with Gasteiger partial charge in [-0.3, -0.25) is 14.5 Å². The molecule has 0 bridgehead atoms. The van der Waals surface area contributed by atoms with Crippen LogP contribution in [0, 0.1) is 0 Å². The summed E-state index contributed by atoms with van der Waals surface area (Å²) in [7, 11) is 0. The average Bonchev–Trinajstić information content (AvgIpc) is 3.16. The van der Waals surface area contributed by atoms with E-state index < -0.39 is 48.7 Å². The second-order valence-corrected chi connectivity index (χ2v) is 9.58. The van der Waals surface area contributed by atoms with Crippen molar-refractivity contribution in [2.75, 3.05) is 19.1 Å². The van der Waals surface area contributed by atoms with Crippen LogP contribution in [0.2, 0.25) is 0 Å². The molecule has 1 N–H and O–H groups in total. The molecule has 0 saturated carbocycles. The number of aliphatic hydroxyl groups is 1. The lowest BCUT2D eigenvalue weighted by atomic mass is 9.94. The number of carbonyl (C=O) groups excluding carboxylic acids is 2. The number of hydrogen-bond acceptors (Lipinski definition) is 7. The number of hydrogen-bond donors (Lipinski definition) is 1. The van der Waals surface area contributed by atoms with Gasteiger partial charge in [-0.05, 0) is 25.0 Å². The third-order valence-corrected chi connectivity index (χ3v) is 7.11. The zero-order valence-electron chi connectivity index (χ0n) is 19.8. The Morgan fingerprint density at radius 3 is 2.28 bits per heavy atom. The molecule has 0 unspecified atom stereocenters. The van der Waals surface area contributed by atoms with Crippen molar-refractivity contribution in [3.8, 4) is 0 Å². The van der Waals surface area contributed by atoms with Gasteiger partial charge in [0.25, 0.3) is 11.8 Å². The van der Waals surface area contributed by atoms with Gasteiger partial charge in [0.1, 0.15) is 24.4 Å². The van der Waals surface area contributed by atoms with Crippen LogP contribution in [-0.4, -0.2) is 71.6 Å². The summed E-state index contributed by atoms with van der Waals surface area (Å²) in [6.07, 6.45) is -0.786. The number of halogens is 1. The van der Waals surface area contributed by atoms with Gasteiger partial charge in [-0.1, -0.05) is 55.3 Å². The molecule has 8 nitrogen and oxygen atoms in total. The third kappa shape index (κ3) is 4.94. The van der Waals surface area contributed by atoms with Gasteiger partial charge < -0.3 is 24.1 Å². The van der Waals surface area contributed by atoms with Gasteiger partial charge in [0.15, 0.2) is 12.6 Å². The molecule has 0 aliphatic carbocycles. The highest BCUT2D eigenvalue weighted by atomic mass is 35.5. The first-order valence-electron chi connectivity index (χ1n) is 12.4. The molecule has 2 saturated heterocycles. The van der Waals surface area contributed by atoms with Crippen LogP contribution in [0.25, 0.3) is 0 Å². The van der Waals surface area contributed by atoms with Crippen molar-refractivity contribution in [1.29, 1.82) is 0 Å². The Labute approximate surface area is 215 Å². The Bertz CT molecular complexity index is 1030. The molecule has 5 rings (SSSR count). The molecule has 2 aromatic rings. The van der Waals surface area contributed by atoms with Crippen LogP contribution < -0.4 is 0 Å². The van der Waals surface area contributed by atoms with E-state index in [0.717, 1.165) is 36.1 Å². The van der Waals surface area contributed by atoms with Gasteiger partial charge in [0.05, 0.1) is 17.7 Å². The molecule has 2 aromatic carbocycles. The number of aliphatic hydroxyl groups excluding tert-OH is 1. The van der Waals surface area contributed by atoms with Crippen LogP contribution >= 0.6 is 11.6 Å². The average molecular weight is 516 g/mol. The van der Waals surface area contributed by atoms with E-state index in [2.05, 4.69) is 0 Å². The summed E-state index contributed by atoms with van der Waals surface area (Å²) < 4.78 is 24.2. The first kappa shape index (κ1) is 25.3. The van der Waals surface area contributed by atoms with Crippen molar-refractivity contribution in [3.63, 3.8) is 0 Å². The van der Waals surface area contributed by atoms with Crippen molar-refractivity contribution in [2.24, 2.45) is 0 Å². The van der Waals surface area contributed by atoms with E-state index in [1.807, 2.05) is 30.3 Å².